The van der Waals surface area contributed by atoms with Gasteiger partial charge in [0.25, 0.3) is 0 Å². The predicted molar refractivity (Wildman–Crippen MR) is 150 cm³/mol. The van der Waals surface area contributed by atoms with E-state index in [0.717, 1.165) is 29.5 Å². The molecule has 2 heterocycles. The van der Waals surface area contributed by atoms with Crippen molar-refractivity contribution in [3.63, 3.8) is 0 Å². The summed E-state index contributed by atoms with van der Waals surface area (Å²) >= 11 is 0. The smallest absolute Gasteiger partial charge is 0.326 e. The van der Waals surface area contributed by atoms with Crippen molar-refractivity contribution in [2.24, 2.45) is 0 Å². The second kappa shape index (κ2) is 12.3. The summed E-state index contributed by atoms with van der Waals surface area (Å²) in [5.74, 6) is 1.17. The lowest BCUT2D eigenvalue weighted by molar-refractivity contribution is -0.142. The van der Waals surface area contributed by atoms with Gasteiger partial charge in [0.2, 0.25) is 10.0 Å². The number of likely N-dealkylation sites (tertiary alicyclic amines) is 1. The van der Waals surface area contributed by atoms with Crippen LogP contribution in [0.5, 0.6) is 23.0 Å². The molecular weight excluding hydrogens is 532 g/mol. The molecule has 1 atom stereocenters. The van der Waals surface area contributed by atoms with E-state index in [1.54, 1.807) is 55.6 Å². The van der Waals surface area contributed by atoms with Crippen molar-refractivity contribution in [3.05, 3.63) is 77.9 Å². The summed E-state index contributed by atoms with van der Waals surface area (Å²) in [6.45, 7) is 3.64. The molecule has 0 radical (unpaired) electrons. The van der Waals surface area contributed by atoms with Crippen LogP contribution in [0, 0.1) is 0 Å². The predicted octanol–water partition coefficient (Wildman–Crippen LogP) is 4.72. The maximum absolute atomic E-state index is 13.6. The Labute approximate surface area is 234 Å². The zero-order chi connectivity index (χ0) is 28.1. The fraction of sp³-hybridized carbons (Fsp3) is 0.367. The number of methoxy groups -OCH3 is 1. The minimum absolute atomic E-state index is 0.00180. The lowest BCUT2D eigenvalue weighted by atomic mass is 9.94. The van der Waals surface area contributed by atoms with Gasteiger partial charge in [-0.1, -0.05) is 12.5 Å². The average Bonchev–Trinajstić information content (AvgIpc) is 2.97. The van der Waals surface area contributed by atoms with Crippen LogP contribution < -0.4 is 14.2 Å². The number of hydrogen-bond donors (Lipinski definition) is 1. The molecule has 0 amide bonds. The van der Waals surface area contributed by atoms with Crippen LogP contribution in [0.2, 0.25) is 0 Å². The van der Waals surface area contributed by atoms with E-state index in [9.17, 15) is 18.3 Å². The molecule has 1 unspecified atom stereocenters. The summed E-state index contributed by atoms with van der Waals surface area (Å²) in [6, 6.07) is 16.9. The number of carboxylic acid groups (broad SMARTS) is 1. The van der Waals surface area contributed by atoms with Gasteiger partial charge in [0, 0.05) is 13.1 Å². The molecule has 40 heavy (non-hydrogen) atoms. The van der Waals surface area contributed by atoms with E-state index in [0.29, 0.717) is 41.6 Å². The summed E-state index contributed by atoms with van der Waals surface area (Å²) in [6.07, 6.45) is 4.11. The van der Waals surface area contributed by atoms with E-state index in [-0.39, 0.29) is 11.4 Å². The van der Waals surface area contributed by atoms with Crippen LogP contribution in [-0.4, -0.2) is 68.6 Å². The number of rotatable bonds is 10. The van der Waals surface area contributed by atoms with E-state index in [1.165, 1.54) is 31.4 Å². The van der Waals surface area contributed by atoms with Gasteiger partial charge in [-0.25, -0.2) is 8.42 Å². The Balaban J connectivity index is 1.28. The van der Waals surface area contributed by atoms with Crippen molar-refractivity contribution in [2.45, 2.75) is 36.6 Å². The summed E-state index contributed by atoms with van der Waals surface area (Å²) in [4.78, 5) is 14.8. The van der Waals surface area contributed by atoms with Crippen LogP contribution in [0.1, 0.15) is 36.4 Å². The number of nitrogens with zero attached hydrogens (tertiary/aromatic N) is 2. The fourth-order valence-corrected chi connectivity index (χ4v) is 6.82. The zero-order valence-electron chi connectivity index (χ0n) is 22.5. The Kier molecular flexibility index (Phi) is 8.58. The summed E-state index contributed by atoms with van der Waals surface area (Å²) in [5, 5.41) is 10.1. The molecule has 0 saturated carbocycles. The molecule has 212 valence electrons. The number of piperidine rings is 1. The number of hydrogen-bond acceptors (Lipinski definition) is 7. The van der Waals surface area contributed by atoms with Crippen molar-refractivity contribution in [3.8, 4) is 23.0 Å². The number of sulfonamides is 1. The number of carbonyl (C=O) groups is 1. The fourth-order valence-electron chi connectivity index (χ4n) is 5.26. The first kappa shape index (κ1) is 27.9. The lowest BCUT2D eigenvalue weighted by Gasteiger charge is -2.34. The molecule has 9 nitrogen and oxygen atoms in total. The Morgan fingerprint density at radius 3 is 2.15 bits per heavy atom. The van der Waals surface area contributed by atoms with Gasteiger partial charge in [-0.05, 0) is 104 Å². The Morgan fingerprint density at radius 2 is 1.50 bits per heavy atom. The second-order valence-corrected chi connectivity index (χ2v) is 11.9. The summed E-state index contributed by atoms with van der Waals surface area (Å²) < 4.78 is 45.1. The highest BCUT2D eigenvalue weighted by Crippen LogP contribution is 2.36. The topological polar surface area (TPSA) is 106 Å². The van der Waals surface area contributed by atoms with E-state index >= 15 is 0 Å². The van der Waals surface area contributed by atoms with Gasteiger partial charge in [0.05, 0.1) is 12.0 Å². The lowest BCUT2D eigenvalue weighted by Crippen LogP contribution is -2.43. The van der Waals surface area contributed by atoms with E-state index in [1.807, 2.05) is 6.07 Å². The molecule has 2 aliphatic rings. The molecule has 2 aliphatic heterocycles. The molecule has 1 fully saturated rings. The van der Waals surface area contributed by atoms with Crippen LogP contribution >= 0.6 is 0 Å². The maximum atomic E-state index is 13.6. The van der Waals surface area contributed by atoms with Gasteiger partial charge in [0.15, 0.2) is 0 Å². The normalized spacial score (nSPS) is 18.1. The molecule has 0 spiro atoms. The highest BCUT2D eigenvalue weighted by atomic mass is 32.2. The first-order chi connectivity index (χ1) is 19.3. The van der Waals surface area contributed by atoms with Crippen LogP contribution in [0.4, 0.5) is 0 Å². The Bertz CT molecular complexity index is 1420. The Hall–Kier alpha value is -3.60. The third-order valence-electron chi connectivity index (χ3n) is 7.38. The molecule has 0 aromatic heterocycles. The number of ether oxygens (including phenoxy) is 3. The van der Waals surface area contributed by atoms with Gasteiger partial charge in [-0.2, -0.15) is 4.31 Å². The molecule has 1 N–H and O–H groups in total. The molecule has 3 aromatic carbocycles. The van der Waals surface area contributed by atoms with Crippen molar-refractivity contribution < 1.29 is 32.5 Å². The molecule has 10 heteroatoms. The average molecular weight is 567 g/mol. The maximum Gasteiger partial charge on any atom is 0.326 e. The molecular formula is C30H34N2O7S. The quantitative estimate of drug-likeness (QED) is 0.376. The monoisotopic (exact) mass is 566 g/mol. The second-order valence-electron chi connectivity index (χ2n) is 9.97. The van der Waals surface area contributed by atoms with Crippen molar-refractivity contribution in [1.29, 1.82) is 0 Å². The standard InChI is InChI=1S/C30H34N2O7S/c1-37-23-5-7-24(8-6-23)39-25-9-12-27(13-10-25)40(35,36)32-18-15-22-21-26(11-14-28(22)29(32)30(33)34)38-20-19-31-16-3-2-4-17-31/h5-14,21,29H,2-4,15-20H2,1H3,(H,33,34). The van der Waals surface area contributed by atoms with Gasteiger partial charge < -0.3 is 19.3 Å². The minimum Gasteiger partial charge on any atom is -0.497 e. The summed E-state index contributed by atoms with van der Waals surface area (Å²) in [7, 11) is -2.51. The third kappa shape index (κ3) is 6.24. The molecule has 3 aromatic rings. The highest BCUT2D eigenvalue weighted by molar-refractivity contribution is 7.89. The minimum atomic E-state index is -4.09. The first-order valence-electron chi connectivity index (χ1n) is 13.5. The van der Waals surface area contributed by atoms with Gasteiger partial charge in [0.1, 0.15) is 35.6 Å². The van der Waals surface area contributed by atoms with Crippen molar-refractivity contribution in [1.82, 2.24) is 9.21 Å². The molecule has 0 aliphatic carbocycles. The van der Waals surface area contributed by atoms with Crippen LogP contribution in [-0.2, 0) is 21.2 Å². The molecule has 0 bridgehead atoms. The largest absolute Gasteiger partial charge is 0.497 e. The third-order valence-corrected chi connectivity index (χ3v) is 9.26. The van der Waals surface area contributed by atoms with Crippen LogP contribution in [0.25, 0.3) is 0 Å². The van der Waals surface area contributed by atoms with Gasteiger partial charge >= 0.3 is 5.97 Å². The molecule has 5 rings (SSSR count). The number of fused-ring (bicyclic) bond motifs is 1. The SMILES string of the molecule is COc1ccc(Oc2ccc(S(=O)(=O)N3CCc4cc(OCCN5CCCCC5)ccc4C3C(=O)O)cc2)cc1. The van der Waals surface area contributed by atoms with Crippen molar-refractivity contribution in [2.75, 3.05) is 39.9 Å². The Morgan fingerprint density at radius 1 is 0.875 bits per heavy atom. The number of benzene rings is 3. The zero-order valence-corrected chi connectivity index (χ0v) is 23.3. The summed E-state index contributed by atoms with van der Waals surface area (Å²) in [5.41, 5.74) is 1.25. The van der Waals surface area contributed by atoms with Gasteiger partial charge in [-0.15, -0.1) is 0 Å². The van der Waals surface area contributed by atoms with E-state index in [2.05, 4.69) is 4.90 Å². The van der Waals surface area contributed by atoms with Crippen molar-refractivity contribution >= 4 is 16.0 Å². The highest BCUT2D eigenvalue weighted by Gasteiger charge is 2.40. The number of aliphatic carboxylic acids is 1. The van der Waals surface area contributed by atoms with Gasteiger partial charge in [-0.3, -0.25) is 9.69 Å². The molecule has 1 saturated heterocycles. The van der Waals surface area contributed by atoms with E-state index < -0.39 is 22.0 Å². The number of carboxylic acids is 1. The van der Waals surface area contributed by atoms with Crippen LogP contribution in [0.3, 0.4) is 0 Å². The first-order valence-corrected chi connectivity index (χ1v) is 14.9. The van der Waals surface area contributed by atoms with E-state index in [4.69, 9.17) is 14.2 Å². The van der Waals surface area contributed by atoms with Crippen LogP contribution in [0.15, 0.2) is 71.6 Å².